The van der Waals surface area contributed by atoms with Crippen molar-refractivity contribution in [2.45, 2.75) is 4.90 Å². The smallest absolute Gasteiger partial charge is 0.409 e. The fraction of sp³-hybridized carbons (Fsp3) is 0.182. The van der Waals surface area contributed by atoms with E-state index >= 15 is 0 Å². The Bertz CT molecular complexity index is 604. The van der Waals surface area contributed by atoms with E-state index in [0.717, 1.165) is 6.26 Å². The van der Waals surface area contributed by atoms with Crippen LogP contribution in [-0.4, -0.2) is 27.3 Å². The highest BCUT2D eigenvalue weighted by Gasteiger charge is 2.12. The van der Waals surface area contributed by atoms with Crippen LogP contribution in [0.25, 0.3) is 0 Å². The summed E-state index contributed by atoms with van der Waals surface area (Å²) in [4.78, 5) is 11.2. The van der Waals surface area contributed by atoms with Gasteiger partial charge in [0.05, 0.1) is 16.5 Å². The first kappa shape index (κ1) is 14.4. The summed E-state index contributed by atoms with van der Waals surface area (Å²) in [7, 11) is -3.35. The molecule has 96 valence electrons. The first-order chi connectivity index (χ1) is 8.34. The molecule has 1 amide bonds. The molecule has 0 fully saturated rings. The molecule has 0 unspecified atom stereocenters. The SMILES string of the molecule is C#CCNC(=O)Oc1ccc(S(C)(=O)=O)cc1Cl. The maximum atomic E-state index is 11.3. The summed E-state index contributed by atoms with van der Waals surface area (Å²) in [5, 5.41) is 2.30. The van der Waals surface area contributed by atoms with Gasteiger partial charge in [-0.25, -0.2) is 13.2 Å². The Balaban J connectivity index is 2.88. The van der Waals surface area contributed by atoms with Crippen LogP contribution < -0.4 is 10.1 Å². The number of carbonyl (C=O) groups excluding carboxylic acids is 1. The van der Waals surface area contributed by atoms with Crippen molar-refractivity contribution in [2.75, 3.05) is 12.8 Å². The lowest BCUT2D eigenvalue weighted by Crippen LogP contribution is -2.27. The van der Waals surface area contributed by atoms with Crippen LogP contribution in [0.3, 0.4) is 0 Å². The van der Waals surface area contributed by atoms with Gasteiger partial charge in [-0.15, -0.1) is 6.42 Å². The van der Waals surface area contributed by atoms with Gasteiger partial charge in [-0.05, 0) is 18.2 Å². The third-order valence-electron chi connectivity index (χ3n) is 1.87. The van der Waals surface area contributed by atoms with Gasteiger partial charge in [0.15, 0.2) is 15.6 Å². The second-order valence-electron chi connectivity index (χ2n) is 3.31. The molecule has 0 aliphatic heterocycles. The number of carbonyl (C=O) groups is 1. The van der Waals surface area contributed by atoms with Gasteiger partial charge in [0.25, 0.3) is 0 Å². The lowest BCUT2D eigenvalue weighted by atomic mass is 10.3. The molecule has 0 aliphatic carbocycles. The Morgan fingerprint density at radius 3 is 2.72 bits per heavy atom. The van der Waals surface area contributed by atoms with Crippen molar-refractivity contribution >= 4 is 27.5 Å². The van der Waals surface area contributed by atoms with Crippen molar-refractivity contribution in [2.24, 2.45) is 0 Å². The molecule has 1 aromatic carbocycles. The van der Waals surface area contributed by atoms with Crippen LogP contribution in [0.1, 0.15) is 0 Å². The largest absolute Gasteiger partial charge is 0.413 e. The summed E-state index contributed by atoms with van der Waals surface area (Å²) in [6.45, 7) is 0.0257. The lowest BCUT2D eigenvalue weighted by molar-refractivity contribution is 0.202. The highest BCUT2D eigenvalue weighted by atomic mass is 35.5. The summed E-state index contributed by atoms with van der Waals surface area (Å²) in [5.41, 5.74) is 0. The van der Waals surface area contributed by atoms with Crippen molar-refractivity contribution in [3.05, 3.63) is 23.2 Å². The molecule has 0 atom stereocenters. The monoisotopic (exact) mass is 287 g/mol. The average molecular weight is 288 g/mol. The minimum Gasteiger partial charge on any atom is -0.409 e. The van der Waals surface area contributed by atoms with Crippen LogP contribution in [0, 0.1) is 12.3 Å². The molecule has 7 heteroatoms. The predicted molar refractivity (Wildman–Crippen MR) is 67.4 cm³/mol. The quantitative estimate of drug-likeness (QED) is 0.855. The lowest BCUT2D eigenvalue weighted by Gasteiger charge is -2.07. The second-order valence-corrected chi connectivity index (χ2v) is 5.73. The van der Waals surface area contributed by atoms with Crippen molar-refractivity contribution in [1.29, 1.82) is 0 Å². The summed E-state index contributed by atoms with van der Waals surface area (Å²) in [6, 6.07) is 3.81. The third-order valence-corrected chi connectivity index (χ3v) is 3.27. The van der Waals surface area contributed by atoms with E-state index in [1.54, 1.807) is 0 Å². The molecule has 0 aromatic heterocycles. The summed E-state index contributed by atoms with van der Waals surface area (Å²) < 4.78 is 27.4. The molecule has 1 N–H and O–H groups in total. The van der Waals surface area contributed by atoms with E-state index < -0.39 is 15.9 Å². The summed E-state index contributed by atoms with van der Waals surface area (Å²) >= 11 is 5.80. The number of hydrogen-bond acceptors (Lipinski definition) is 4. The fourth-order valence-electron chi connectivity index (χ4n) is 1.05. The van der Waals surface area contributed by atoms with Crippen LogP contribution in [0.5, 0.6) is 5.75 Å². The van der Waals surface area contributed by atoms with E-state index in [1.807, 2.05) is 0 Å². The molecule has 0 bridgehead atoms. The van der Waals surface area contributed by atoms with Crippen molar-refractivity contribution in [1.82, 2.24) is 5.32 Å². The zero-order valence-corrected chi connectivity index (χ0v) is 11.0. The van der Waals surface area contributed by atoms with E-state index in [4.69, 9.17) is 22.8 Å². The van der Waals surface area contributed by atoms with Gasteiger partial charge in [0, 0.05) is 6.26 Å². The molecule has 0 saturated carbocycles. The normalized spacial score (nSPS) is 10.5. The average Bonchev–Trinajstić information content (AvgIpc) is 2.27. The Morgan fingerprint density at radius 2 is 2.22 bits per heavy atom. The Kier molecular flexibility index (Phi) is 4.59. The Hall–Kier alpha value is -1.71. The Morgan fingerprint density at radius 1 is 1.56 bits per heavy atom. The maximum Gasteiger partial charge on any atom is 0.413 e. The molecule has 0 radical (unpaired) electrons. The van der Waals surface area contributed by atoms with Crippen molar-refractivity contribution in [3.63, 3.8) is 0 Å². The Labute approximate surface area is 110 Å². The second kappa shape index (κ2) is 5.76. The van der Waals surface area contributed by atoms with Gasteiger partial charge in [-0.2, -0.15) is 0 Å². The molecule has 18 heavy (non-hydrogen) atoms. The van der Waals surface area contributed by atoms with E-state index in [0.29, 0.717) is 0 Å². The first-order valence-electron chi connectivity index (χ1n) is 4.73. The van der Waals surface area contributed by atoms with Crippen LogP contribution in [0.2, 0.25) is 5.02 Å². The number of rotatable bonds is 3. The van der Waals surface area contributed by atoms with Gasteiger partial charge in [0.2, 0.25) is 0 Å². The molecule has 1 aromatic rings. The number of hydrogen-bond donors (Lipinski definition) is 1. The highest BCUT2D eigenvalue weighted by molar-refractivity contribution is 7.90. The van der Waals surface area contributed by atoms with Crippen LogP contribution in [0.15, 0.2) is 23.1 Å². The molecule has 0 saturated heterocycles. The van der Waals surface area contributed by atoms with E-state index in [-0.39, 0.29) is 22.2 Å². The zero-order valence-electron chi connectivity index (χ0n) is 9.44. The van der Waals surface area contributed by atoms with Gasteiger partial charge in [-0.3, -0.25) is 0 Å². The van der Waals surface area contributed by atoms with Gasteiger partial charge in [0.1, 0.15) is 0 Å². The van der Waals surface area contributed by atoms with Crippen molar-refractivity contribution < 1.29 is 17.9 Å². The summed E-state index contributed by atoms with van der Waals surface area (Å²) in [6.07, 6.45) is 5.25. The topological polar surface area (TPSA) is 72.5 Å². The van der Waals surface area contributed by atoms with Crippen LogP contribution in [-0.2, 0) is 9.84 Å². The number of halogens is 1. The van der Waals surface area contributed by atoms with E-state index in [1.165, 1.54) is 18.2 Å². The number of terminal acetylenes is 1. The van der Waals surface area contributed by atoms with Crippen LogP contribution >= 0.6 is 11.6 Å². The predicted octanol–water partition coefficient (Wildman–Crippen LogP) is 1.47. The molecule has 5 nitrogen and oxygen atoms in total. The van der Waals surface area contributed by atoms with Gasteiger partial charge >= 0.3 is 6.09 Å². The first-order valence-corrected chi connectivity index (χ1v) is 7.00. The molecule has 0 spiro atoms. The standard InChI is InChI=1S/C11H10ClNO4S/c1-3-6-13-11(14)17-10-5-4-8(7-9(10)12)18(2,15)16/h1,4-5,7H,6H2,2H3,(H,13,14). The molecule has 0 aliphatic rings. The molecule has 0 heterocycles. The van der Waals surface area contributed by atoms with Crippen molar-refractivity contribution in [3.8, 4) is 18.1 Å². The third kappa shape index (κ3) is 3.95. The van der Waals surface area contributed by atoms with Gasteiger partial charge < -0.3 is 10.1 Å². The highest BCUT2D eigenvalue weighted by Crippen LogP contribution is 2.27. The fourth-order valence-corrected chi connectivity index (χ4v) is 1.99. The molecular formula is C11H10ClNO4S. The number of benzene rings is 1. The summed E-state index contributed by atoms with van der Waals surface area (Å²) in [5.74, 6) is 2.26. The van der Waals surface area contributed by atoms with E-state index in [2.05, 4.69) is 11.2 Å². The molecular weight excluding hydrogens is 278 g/mol. The van der Waals surface area contributed by atoms with E-state index in [9.17, 15) is 13.2 Å². The minimum absolute atomic E-state index is 0.0220. The number of nitrogens with one attached hydrogen (secondary N) is 1. The van der Waals surface area contributed by atoms with Crippen LogP contribution in [0.4, 0.5) is 4.79 Å². The van der Waals surface area contributed by atoms with Gasteiger partial charge in [-0.1, -0.05) is 17.5 Å². The minimum atomic E-state index is -3.35. The molecule has 1 rings (SSSR count). The number of amides is 1. The zero-order chi connectivity index (χ0) is 13.8. The number of ether oxygens (including phenoxy) is 1. The number of sulfone groups is 1. The maximum absolute atomic E-state index is 11.3.